The van der Waals surface area contributed by atoms with Crippen molar-refractivity contribution in [1.82, 2.24) is 15.0 Å². The fourth-order valence-electron chi connectivity index (χ4n) is 2.61. The number of rotatable bonds is 5. The molecule has 0 spiro atoms. The van der Waals surface area contributed by atoms with Crippen LogP contribution >= 0.6 is 0 Å². The fourth-order valence-corrected chi connectivity index (χ4v) is 3.71. The Bertz CT molecular complexity index is 947. The van der Waals surface area contributed by atoms with E-state index in [0.717, 1.165) is 39.4 Å². The average molecular weight is 444 g/mol. The minimum atomic E-state index is -1.33. The Hall–Kier alpha value is -1.80. The van der Waals surface area contributed by atoms with Crippen molar-refractivity contribution in [2.75, 3.05) is 14.2 Å². The first-order valence-corrected chi connectivity index (χ1v) is 8.76. The summed E-state index contributed by atoms with van der Waals surface area (Å²) in [5.74, 6) is 1.79. The monoisotopic (exact) mass is 443 g/mol. The van der Waals surface area contributed by atoms with Crippen LogP contribution in [0.4, 0.5) is 0 Å². The summed E-state index contributed by atoms with van der Waals surface area (Å²) < 4.78 is 23.3. The van der Waals surface area contributed by atoms with Crippen LogP contribution in [0, 0.1) is 13.8 Å². The van der Waals surface area contributed by atoms with Gasteiger partial charge in [-0.25, -0.2) is 4.98 Å². The molecule has 12 heteroatoms. The van der Waals surface area contributed by atoms with Crippen LogP contribution in [0.15, 0.2) is 29.6 Å². The molecule has 3 aromatic rings. The van der Waals surface area contributed by atoms with Crippen molar-refractivity contribution in [3.05, 3.63) is 41.2 Å². The summed E-state index contributed by atoms with van der Waals surface area (Å²) in [5.41, 5.74) is 4.16. The van der Waals surface area contributed by atoms with Gasteiger partial charge in [-0.05, 0) is 26.0 Å². The Kier molecular flexibility index (Phi) is 14.8. The molecule has 0 aliphatic rings. The maximum atomic E-state index is 12.7. The van der Waals surface area contributed by atoms with Crippen molar-refractivity contribution < 1.29 is 38.4 Å². The quantitative estimate of drug-likeness (QED) is 0.513. The van der Waals surface area contributed by atoms with Gasteiger partial charge in [0.1, 0.15) is 11.5 Å². The number of aromatic nitrogens is 3. The topological polar surface area (TPSA) is 203 Å². The molecule has 0 aliphatic heterocycles. The Morgan fingerprint density at radius 1 is 1.10 bits per heavy atom. The first-order valence-electron chi connectivity index (χ1n) is 7.44. The molecular weight excluding hydrogens is 415 g/mol. The van der Waals surface area contributed by atoms with E-state index >= 15 is 0 Å². The molecule has 0 aliphatic carbocycles. The van der Waals surface area contributed by atoms with Gasteiger partial charge in [0.05, 0.1) is 47.5 Å². The molecule has 0 unspecified atom stereocenters. The Balaban J connectivity index is -0.000000322. The Labute approximate surface area is 189 Å². The number of pyridine rings is 1. The number of aromatic amines is 1. The van der Waals surface area contributed by atoms with Crippen LogP contribution in [-0.2, 0) is 16.6 Å². The van der Waals surface area contributed by atoms with Gasteiger partial charge in [-0.1, -0.05) is 0 Å². The number of hydrogen-bond acceptors (Lipinski definition) is 5. The van der Waals surface area contributed by atoms with Crippen molar-refractivity contribution in [3.8, 4) is 11.5 Å². The zero-order chi connectivity index (χ0) is 17.3. The average Bonchev–Trinajstić information content (AvgIpc) is 3.01. The first-order chi connectivity index (χ1) is 11.5. The van der Waals surface area contributed by atoms with E-state index in [9.17, 15) is 4.21 Å². The van der Waals surface area contributed by atoms with Crippen LogP contribution in [0.25, 0.3) is 11.0 Å². The summed E-state index contributed by atoms with van der Waals surface area (Å²) in [7, 11) is 1.91. The third kappa shape index (κ3) is 6.60. The predicted molar refractivity (Wildman–Crippen MR) is 115 cm³/mol. The summed E-state index contributed by atoms with van der Waals surface area (Å²) in [6, 6.07) is 5.50. The molecule has 2 heterocycles. The molecule has 29 heavy (non-hydrogen) atoms. The van der Waals surface area contributed by atoms with Gasteiger partial charge in [0, 0.05) is 23.4 Å². The number of imidazole rings is 1. The van der Waals surface area contributed by atoms with Crippen LogP contribution in [0.5, 0.6) is 11.5 Å². The maximum absolute atomic E-state index is 12.7. The zero-order valence-electron chi connectivity index (χ0n) is 18.8. The maximum Gasteiger partial charge on any atom is 2.00 e. The van der Waals surface area contributed by atoms with Gasteiger partial charge in [0.2, 0.25) is 0 Å². The molecule has 2 aromatic heterocycles. The van der Waals surface area contributed by atoms with Gasteiger partial charge in [-0.15, -0.1) is 0 Å². The molecule has 10 nitrogen and oxygen atoms in total. The van der Waals surface area contributed by atoms with Crippen LogP contribution in [0.2, 0.25) is 0 Å². The standard InChI is InChI=1S/C17H19N3O3S.Mg.4H2O.2H/c1-10-8-18-15(11(2)16(10)23-4)9-24(21)17-19-13-6-5-12(22-3)7-14(13)20-17;;;;;;;/h5-8H,9H2,1-4H3,(H,19,20);;4*1H2;;/q;+2;;;;;2*-1/t24-;;;;;;;/m0......./s1. The Morgan fingerprint density at radius 3 is 2.34 bits per heavy atom. The van der Waals surface area contributed by atoms with E-state index in [-0.39, 0.29) is 53.6 Å². The Morgan fingerprint density at radius 2 is 1.76 bits per heavy atom. The summed E-state index contributed by atoms with van der Waals surface area (Å²) in [6.45, 7) is 3.86. The molecule has 162 valence electrons. The van der Waals surface area contributed by atoms with Crippen molar-refractivity contribution in [1.29, 1.82) is 0 Å². The molecule has 0 saturated heterocycles. The molecule has 0 radical (unpaired) electrons. The number of H-pyrrole nitrogens is 1. The SMILES string of the molecule is COc1ccc2nc([S@@](=O)Cc3ncc(C)c(OC)c3C)[nH]c2c1.O.O.O.O.[H-].[H-].[Mg+2]. The van der Waals surface area contributed by atoms with Gasteiger partial charge in [-0.2, -0.15) is 0 Å². The van der Waals surface area contributed by atoms with Gasteiger partial charge < -0.3 is 39.2 Å². The first kappa shape index (κ1) is 31.9. The molecule has 1 atom stereocenters. The van der Waals surface area contributed by atoms with E-state index in [1.807, 2.05) is 32.0 Å². The van der Waals surface area contributed by atoms with E-state index in [0.29, 0.717) is 5.16 Å². The van der Waals surface area contributed by atoms with Crippen LogP contribution in [0.3, 0.4) is 0 Å². The van der Waals surface area contributed by atoms with Crippen molar-refractivity contribution >= 4 is 44.9 Å². The minimum Gasteiger partial charge on any atom is -1.00 e. The third-order valence-electron chi connectivity index (χ3n) is 3.90. The van der Waals surface area contributed by atoms with Crippen molar-refractivity contribution in [2.24, 2.45) is 0 Å². The van der Waals surface area contributed by atoms with Crippen molar-refractivity contribution in [3.63, 3.8) is 0 Å². The van der Waals surface area contributed by atoms with Gasteiger partial charge in [-0.3, -0.25) is 9.19 Å². The molecule has 0 amide bonds. The molecule has 0 bridgehead atoms. The van der Waals surface area contributed by atoms with E-state index in [1.54, 1.807) is 20.4 Å². The van der Waals surface area contributed by atoms with Gasteiger partial charge in [0.25, 0.3) is 0 Å². The summed E-state index contributed by atoms with van der Waals surface area (Å²) in [6.07, 6.45) is 1.74. The largest absolute Gasteiger partial charge is 2.00 e. The number of hydrogen-bond donors (Lipinski definition) is 1. The number of fused-ring (bicyclic) bond motifs is 1. The number of nitrogens with zero attached hydrogens (tertiary/aromatic N) is 2. The molecule has 0 fully saturated rings. The summed E-state index contributed by atoms with van der Waals surface area (Å²) in [4.78, 5) is 11.9. The number of ether oxygens (including phenoxy) is 2. The van der Waals surface area contributed by atoms with E-state index in [2.05, 4.69) is 15.0 Å². The number of aryl methyl sites for hydroxylation is 1. The molecule has 1 aromatic carbocycles. The molecule has 3 rings (SSSR count). The third-order valence-corrected chi connectivity index (χ3v) is 5.06. The van der Waals surface area contributed by atoms with E-state index in [1.165, 1.54) is 0 Å². The van der Waals surface area contributed by atoms with Gasteiger partial charge in [0.15, 0.2) is 5.16 Å². The molecular formula is C17H29MgN3O7S. The van der Waals surface area contributed by atoms with Crippen LogP contribution in [0.1, 0.15) is 19.7 Å². The number of methoxy groups -OCH3 is 2. The van der Waals surface area contributed by atoms with Gasteiger partial charge >= 0.3 is 23.1 Å². The minimum absolute atomic E-state index is 0. The predicted octanol–water partition coefficient (Wildman–Crippen LogP) is -0.555. The zero-order valence-corrected chi connectivity index (χ0v) is 19.0. The molecule has 9 N–H and O–H groups in total. The van der Waals surface area contributed by atoms with Crippen LogP contribution in [-0.4, -0.2) is 78.3 Å². The second kappa shape index (κ2) is 13.4. The smallest absolute Gasteiger partial charge is 1.00 e. The number of benzene rings is 1. The second-order valence-electron chi connectivity index (χ2n) is 5.46. The van der Waals surface area contributed by atoms with E-state index in [4.69, 9.17) is 9.47 Å². The van der Waals surface area contributed by atoms with Crippen molar-refractivity contribution in [2.45, 2.75) is 24.8 Å². The number of nitrogens with one attached hydrogen (secondary N) is 1. The normalized spacial score (nSPS) is 10.2. The fraction of sp³-hybridized carbons (Fsp3) is 0.294. The second-order valence-corrected chi connectivity index (χ2v) is 6.83. The molecule has 0 saturated carbocycles. The summed E-state index contributed by atoms with van der Waals surface area (Å²) >= 11 is 0. The van der Waals surface area contributed by atoms with E-state index < -0.39 is 10.8 Å². The van der Waals surface area contributed by atoms with Crippen LogP contribution < -0.4 is 9.47 Å². The summed E-state index contributed by atoms with van der Waals surface area (Å²) in [5, 5.41) is 0.430.